The molecule has 0 spiro atoms. The standard InChI is InChI=1S/C13H18N2O3/c1-14-6-7-15(9-13(14)16)11-8-10(17-2)4-5-12(11)18-3/h4-5,8H,6-7,9H2,1-3H3. The second kappa shape index (κ2) is 5.16. The van der Waals surface area contributed by atoms with E-state index in [9.17, 15) is 4.79 Å². The molecule has 5 heteroatoms. The maximum Gasteiger partial charge on any atom is 0.241 e. The number of rotatable bonds is 3. The summed E-state index contributed by atoms with van der Waals surface area (Å²) in [6, 6.07) is 5.61. The average molecular weight is 250 g/mol. The Kier molecular flexibility index (Phi) is 3.60. The number of hydrogen-bond donors (Lipinski definition) is 0. The van der Waals surface area contributed by atoms with Crippen LogP contribution in [0.1, 0.15) is 0 Å². The largest absolute Gasteiger partial charge is 0.497 e. The van der Waals surface area contributed by atoms with Gasteiger partial charge in [0.15, 0.2) is 0 Å². The minimum Gasteiger partial charge on any atom is -0.497 e. The van der Waals surface area contributed by atoms with Crippen LogP contribution in [0.3, 0.4) is 0 Å². The summed E-state index contributed by atoms with van der Waals surface area (Å²) in [5.41, 5.74) is 0.901. The summed E-state index contributed by atoms with van der Waals surface area (Å²) < 4.78 is 10.6. The molecule has 2 rings (SSSR count). The minimum atomic E-state index is 0.117. The lowest BCUT2D eigenvalue weighted by atomic mass is 10.2. The number of hydrogen-bond acceptors (Lipinski definition) is 4. The van der Waals surface area contributed by atoms with Crippen LogP contribution < -0.4 is 14.4 Å². The van der Waals surface area contributed by atoms with Gasteiger partial charge in [0, 0.05) is 26.2 Å². The van der Waals surface area contributed by atoms with E-state index < -0.39 is 0 Å². The van der Waals surface area contributed by atoms with Gasteiger partial charge < -0.3 is 19.3 Å². The van der Waals surface area contributed by atoms with Gasteiger partial charge in [0.2, 0.25) is 5.91 Å². The van der Waals surface area contributed by atoms with Crippen LogP contribution in [0, 0.1) is 0 Å². The van der Waals surface area contributed by atoms with Crippen LogP contribution in [0.4, 0.5) is 5.69 Å². The average Bonchev–Trinajstić information content (AvgIpc) is 2.41. The first-order valence-electron chi connectivity index (χ1n) is 5.86. The molecule has 18 heavy (non-hydrogen) atoms. The fourth-order valence-electron chi connectivity index (χ4n) is 2.01. The summed E-state index contributed by atoms with van der Waals surface area (Å²) in [6.07, 6.45) is 0. The summed E-state index contributed by atoms with van der Waals surface area (Å²) in [5, 5.41) is 0. The maximum absolute atomic E-state index is 11.7. The first-order valence-corrected chi connectivity index (χ1v) is 5.86. The Morgan fingerprint density at radius 2 is 1.94 bits per heavy atom. The fraction of sp³-hybridized carbons (Fsp3) is 0.462. The predicted molar refractivity (Wildman–Crippen MR) is 69.4 cm³/mol. The lowest BCUT2D eigenvalue weighted by Gasteiger charge is -2.34. The maximum atomic E-state index is 11.7. The van der Waals surface area contributed by atoms with E-state index >= 15 is 0 Å². The van der Waals surface area contributed by atoms with Crippen molar-refractivity contribution in [1.82, 2.24) is 4.90 Å². The molecule has 0 unspecified atom stereocenters. The highest BCUT2D eigenvalue weighted by molar-refractivity contribution is 5.83. The Balaban J connectivity index is 2.28. The van der Waals surface area contributed by atoms with Crippen LogP contribution in [-0.2, 0) is 4.79 Å². The van der Waals surface area contributed by atoms with Crippen molar-refractivity contribution in [3.8, 4) is 11.5 Å². The molecule has 0 N–H and O–H groups in total. The van der Waals surface area contributed by atoms with E-state index in [-0.39, 0.29) is 5.91 Å². The first kappa shape index (κ1) is 12.5. The monoisotopic (exact) mass is 250 g/mol. The number of likely N-dealkylation sites (N-methyl/N-ethyl adjacent to an activating group) is 1. The molecule has 1 aromatic rings. The molecule has 0 saturated carbocycles. The molecule has 1 fully saturated rings. The van der Waals surface area contributed by atoms with E-state index in [1.165, 1.54) is 0 Å². The SMILES string of the molecule is COc1ccc(OC)c(N2CCN(C)C(=O)C2)c1. The van der Waals surface area contributed by atoms with E-state index in [1.807, 2.05) is 30.1 Å². The van der Waals surface area contributed by atoms with Crippen molar-refractivity contribution in [2.75, 3.05) is 45.8 Å². The number of amides is 1. The van der Waals surface area contributed by atoms with E-state index in [2.05, 4.69) is 0 Å². The number of carbonyl (C=O) groups excluding carboxylic acids is 1. The number of piperazine rings is 1. The van der Waals surface area contributed by atoms with Crippen molar-refractivity contribution in [3.05, 3.63) is 18.2 Å². The third kappa shape index (κ3) is 2.34. The van der Waals surface area contributed by atoms with Crippen molar-refractivity contribution >= 4 is 11.6 Å². The summed E-state index contributed by atoms with van der Waals surface area (Å²) in [6.45, 7) is 1.89. The second-order valence-electron chi connectivity index (χ2n) is 4.27. The highest BCUT2D eigenvalue weighted by atomic mass is 16.5. The zero-order valence-electron chi connectivity index (χ0n) is 11.0. The van der Waals surface area contributed by atoms with Crippen LogP contribution >= 0.6 is 0 Å². The molecular weight excluding hydrogens is 232 g/mol. The highest BCUT2D eigenvalue weighted by Gasteiger charge is 2.23. The van der Waals surface area contributed by atoms with Gasteiger partial charge in [-0.05, 0) is 12.1 Å². The first-order chi connectivity index (χ1) is 8.65. The zero-order chi connectivity index (χ0) is 13.1. The van der Waals surface area contributed by atoms with Gasteiger partial charge >= 0.3 is 0 Å². The van der Waals surface area contributed by atoms with Crippen LogP contribution in [-0.4, -0.2) is 51.7 Å². The minimum absolute atomic E-state index is 0.117. The van der Waals surface area contributed by atoms with Gasteiger partial charge in [-0.3, -0.25) is 4.79 Å². The molecule has 1 heterocycles. The van der Waals surface area contributed by atoms with Gasteiger partial charge in [-0.25, -0.2) is 0 Å². The number of carbonyl (C=O) groups is 1. The lowest BCUT2D eigenvalue weighted by molar-refractivity contribution is -0.129. The van der Waals surface area contributed by atoms with Crippen LogP contribution in [0.5, 0.6) is 11.5 Å². The van der Waals surface area contributed by atoms with E-state index in [1.54, 1.807) is 19.1 Å². The van der Waals surface area contributed by atoms with E-state index in [4.69, 9.17) is 9.47 Å². The molecule has 1 aliphatic rings. The molecule has 0 bridgehead atoms. The molecule has 0 aliphatic carbocycles. The molecule has 1 amide bonds. The molecule has 0 aromatic heterocycles. The predicted octanol–water partition coefficient (Wildman–Crippen LogP) is 0.982. The van der Waals surface area contributed by atoms with Gasteiger partial charge in [0.25, 0.3) is 0 Å². The molecule has 98 valence electrons. The van der Waals surface area contributed by atoms with Crippen molar-refractivity contribution in [2.24, 2.45) is 0 Å². The third-order valence-electron chi connectivity index (χ3n) is 3.18. The second-order valence-corrected chi connectivity index (χ2v) is 4.27. The Bertz CT molecular complexity index is 448. The Morgan fingerprint density at radius 3 is 2.56 bits per heavy atom. The van der Waals surface area contributed by atoms with E-state index in [0.717, 1.165) is 30.3 Å². The molecule has 1 aromatic carbocycles. The van der Waals surface area contributed by atoms with E-state index in [0.29, 0.717) is 6.54 Å². The van der Waals surface area contributed by atoms with Crippen LogP contribution in [0.15, 0.2) is 18.2 Å². The molecule has 1 saturated heterocycles. The van der Waals surface area contributed by atoms with Gasteiger partial charge in [0.05, 0.1) is 26.5 Å². The Hall–Kier alpha value is -1.91. The van der Waals surface area contributed by atoms with Gasteiger partial charge in [-0.15, -0.1) is 0 Å². The Labute approximate surface area is 107 Å². The van der Waals surface area contributed by atoms with Crippen molar-refractivity contribution in [1.29, 1.82) is 0 Å². The Morgan fingerprint density at radius 1 is 1.17 bits per heavy atom. The number of methoxy groups -OCH3 is 2. The summed E-state index contributed by atoms with van der Waals surface area (Å²) >= 11 is 0. The number of nitrogens with zero attached hydrogens (tertiary/aromatic N) is 2. The quantitative estimate of drug-likeness (QED) is 0.802. The molecular formula is C13H18N2O3. The molecule has 1 aliphatic heterocycles. The van der Waals surface area contributed by atoms with Crippen molar-refractivity contribution in [2.45, 2.75) is 0 Å². The topological polar surface area (TPSA) is 42.0 Å². The van der Waals surface area contributed by atoms with Crippen molar-refractivity contribution in [3.63, 3.8) is 0 Å². The molecule has 0 radical (unpaired) electrons. The smallest absolute Gasteiger partial charge is 0.241 e. The third-order valence-corrected chi connectivity index (χ3v) is 3.18. The number of ether oxygens (including phenoxy) is 2. The van der Waals surface area contributed by atoms with Crippen LogP contribution in [0.2, 0.25) is 0 Å². The van der Waals surface area contributed by atoms with Crippen molar-refractivity contribution < 1.29 is 14.3 Å². The summed E-state index contributed by atoms with van der Waals surface area (Å²) in [5.74, 6) is 1.64. The zero-order valence-corrected chi connectivity index (χ0v) is 11.0. The lowest BCUT2D eigenvalue weighted by Crippen LogP contribution is -2.48. The van der Waals surface area contributed by atoms with Gasteiger partial charge in [-0.2, -0.15) is 0 Å². The van der Waals surface area contributed by atoms with Gasteiger partial charge in [0.1, 0.15) is 11.5 Å². The summed E-state index contributed by atoms with van der Waals surface area (Å²) in [4.78, 5) is 15.5. The van der Waals surface area contributed by atoms with Gasteiger partial charge in [-0.1, -0.05) is 0 Å². The number of benzene rings is 1. The fourth-order valence-corrected chi connectivity index (χ4v) is 2.01. The summed E-state index contributed by atoms with van der Waals surface area (Å²) in [7, 11) is 5.08. The normalized spacial score (nSPS) is 15.8. The number of anilines is 1. The molecule has 5 nitrogen and oxygen atoms in total. The molecule has 0 atom stereocenters. The van der Waals surface area contributed by atoms with Crippen LogP contribution in [0.25, 0.3) is 0 Å². The highest BCUT2D eigenvalue weighted by Crippen LogP contribution is 2.32.